The van der Waals surface area contributed by atoms with Gasteiger partial charge in [-0.05, 0) is 36.8 Å². The molecule has 3 rings (SSSR count). The van der Waals surface area contributed by atoms with Gasteiger partial charge in [0.15, 0.2) is 0 Å². The van der Waals surface area contributed by atoms with E-state index < -0.39 is 11.9 Å². The predicted molar refractivity (Wildman–Crippen MR) is 107 cm³/mol. The highest BCUT2D eigenvalue weighted by molar-refractivity contribution is 5.84. The first-order valence-electron chi connectivity index (χ1n) is 8.53. The monoisotopic (exact) mass is 363 g/mol. The number of nitrogens with one attached hydrogen (secondary N) is 1. The van der Waals surface area contributed by atoms with Crippen molar-refractivity contribution in [3.8, 4) is 0 Å². The molecule has 1 atom stereocenters. The largest absolute Gasteiger partial charge is 0.378 e. The van der Waals surface area contributed by atoms with E-state index in [9.17, 15) is 9.59 Å². The summed E-state index contributed by atoms with van der Waals surface area (Å²) in [7, 11) is 3.93. The van der Waals surface area contributed by atoms with E-state index in [1.165, 1.54) is 10.9 Å². The fraction of sp³-hybridized carbons (Fsp3) is 0.200. The number of benzene rings is 2. The van der Waals surface area contributed by atoms with Gasteiger partial charge in [0.25, 0.3) is 11.5 Å². The zero-order valence-electron chi connectivity index (χ0n) is 15.5. The van der Waals surface area contributed by atoms with Crippen molar-refractivity contribution in [3.05, 3.63) is 70.8 Å². The first-order valence-corrected chi connectivity index (χ1v) is 8.53. The van der Waals surface area contributed by atoms with Gasteiger partial charge in [0.1, 0.15) is 6.04 Å². The molecule has 0 saturated carbocycles. The maximum absolute atomic E-state index is 12.6. The lowest BCUT2D eigenvalue weighted by Crippen LogP contribution is -2.33. The summed E-state index contributed by atoms with van der Waals surface area (Å²) in [5, 5.41) is 4.46. The van der Waals surface area contributed by atoms with Crippen molar-refractivity contribution >= 4 is 28.7 Å². The van der Waals surface area contributed by atoms with Crippen molar-refractivity contribution in [1.82, 2.24) is 15.0 Å². The van der Waals surface area contributed by atoms with Crippen LogP contribution in [0.2, 0.25) is 0 Å². The number of hydrogen-bond donors (Lipinski definition) is 1. The number of amides is 1. The Bertz CT molecular complexity index is 1040. The van der Waals surface area contributed by atoms with E-state index in [1.54, 1.807) is 31.3 Å². The number of nitrogens with zero attached hydrogens (tertiary/aromatic N) is 4. The molecule has 0 aliphatic rings. The van der Waals surface area contributed by atoms with Crippen LogP contribution in [0.1, 0.15) is 18.5 Å². The topological polar surface area (TPSA) is 79.6 Å². The Labute approximate surface area is 157 Å². The molecule has 1 heterocycles. The Morgan fingerprint density at radius 3 is 2.59 bits per heavy atom. The molecular weight excluding hydrogens is 342 g/mol. The Morgan fingerprint density at radius 1 is 1.19 bits per heavy atom. The summed E-state index contributed by atoms with van der Waals surface area (Å²) < 4.78 is 1.30. The number of carbonyl (C=O) groups excluding carboxylic acids is 1. The van der Waals surface area contributed by atoms with E-state index in [0.717, 1.165) is 11.3 Å². The van der Waals surface area contributed by atoms with E-state index in [2.05, 4.69) is 15.5 Å². The van der Waals surface area contributed by atoms with Gasteiger partial charge in [-0.1, -0.05) is 24.3 Å². The molecule has 1 N–H and O–H groups in total. The van der Waals surface area contributed by atoms with E-state index >= 15 is 0 Å². The van der Waals surface area contributed by atoms with Crippen LogP contribution in [0.25, 0.3) is 10.9 Å². The van der Waals surface area contributed by atoms with Crippen molar-refractivity contribution < 1.29 is 4.79 Å². The number of para-hydroxylation sites is 1. The fourth-order valence-corrected chi connectivity index (χ4v) is 2.61. The number of fused-ring (bicyclic) bond motifs is 1. The summed E-state index contributed by atoms with van der Waals surface area (Å²) in [6.07, 6.45) is 2.95. The molecule has 0 aliphatic heterocycles. The van der Waals surface area contributed by atoms with Gasteiger partial charge in [0.05, 0.1) is 23.4 Å². The summed E-state index contributed by atoms with van der Waals surface area (Å²) in [4.78, 5) is 31.1. The van der Waals surface area contributed by atoms with Crippen LogP contribution in [0.4, 0.5) is 5.69 Å². The zero-order valence-corrected chi connectivity index (χ0v) is 15.5. The normalized spacial score (nSPS) is 12.3. The lowest BCUT2D eigenvalue weighted by Gasteiger charge is -2.13. The van der Waals surface area contributed by atoms with Gasteiger partial charge in [-0.25, -0.2) is 10.4 Å². The van der Waals surface area contributed by atoms with Crippen LogP contribution in [0.5, 0.6) is 0 Å². The van der Waals surface area contributed by atoms with Crippen LogP contribution in [0.15, 0.2) is 64.8 Å². The molecule has 0 bridgehead atoms. The van der Waals surface area contributed by atoms with Crippen molar-refractivity contribution in [1.29, 1.82) is 0 Å². The molecule has 7 nitrogen and oxygen atoms in total. The fourth-order valence-electron chi connectivity index (χ4n) is 2.61. The number of anilines is 1. The number of carbonyl (C=O) groups is 1. The van der Waals surface area contributed by atoms with Crippen LogP contribution in [0, 0.1) is 0 Å². The molecule has 0 fully saturated rings. The maximum atomic E-state index is 12.6. The van der Waals surface area contributed by atoms with Crippen LogP contribution in [0.3, 0.4) is 0 Å². The molecule has 2 aromatic carbocycles. The van der Waals surface area contributed by atoms with E-state index in [0.29, 0.717) is 10.9 Å². The SMILES string of the molecule is CC(C(=O)N/N=C/c1ccc(N(C)C)cc1)n1cnc2ccccc2c1=O. The van der Waals surface area contributed by atoms with Crippen molar-refractivity contribution in [2.45, 2.75) is 13.0 Å². The van der Waals surface area contributed by atoms with Crippen molar-refractivity contribution in [3.63, 3.8) is 0 Å². The summed E-state index contributed by atoms with van der Waals surface area (Å²) in [6, 6.07) is 14.1. The summed E-state index contributed by atoms with van der Waals surface area (Å²) >= 11 is 0. The second kappa shape index (κ2) is 7.82. The summed E-state index contributed by atoms with van der Waals surface area (Å²) in [5.41, 5.74) is 4.76. The van der Waals surface area contributed by atoms with Crippen LogP contribution in [-0.4, -0.2) is 35.8 Å². The highest BCUT2D eigenvalue weighted by Gasteiger charge is 2.17. The van der Waals surface area contributed by atoms with E-state index in [4.69, 9.17) is 0 Å². The second-order valence-corrected chi connectivity index (χ2v) is 6.37. The number of hydrogen-bond acceptors (Lipinski definition) is 5. The molecule has 0 aliphatic carbocycles. The average molecular weight is 363 g/mol. The van der Waals surface area contributed by atoms with Gasteiger partial charge in [0.2, 0.25) is 0 Å². The van der Waals surface area contributed by atoms with Crippen LogP contribution >= 0.6 is 0 Å². The lowest BCUT2D eigenvalue weighted by molar-refractivity contribution is -0.123. The molecule has 0 radical (unpaired) electrons. The summed E-state index contributed by atoms with van der Waals surface area (Å²) in [6.45, 7) is 1.63. The third kappa shape index (κ3) is 4.03. The Balaban J connectivity index is 1.71. The smallest absolute Gasteiger partial charge is 0.262 e. The molecule has 27 heavy (non-hydrogen) atoms. The minimum absolute atomic E-state index is 0.258. The standard InChI is InChI=1S/C20H21N5O2/c1-14(25-13-21-18-7-5-4-6-17(18)20(25)27)19(26)23-22-12-15-8-10-16(11-9-15)24(2)3/h4-14H,1-3H3,(H,23,26)/b22-12+. The Hall–Kier alpha value is -3.48. The Kier molecular flexibility index (Phi) is 5.30. The highest BCUT2D eigenvalue weighted by atomic mass is 16.2. The van der Waals surface area contributed by atoms with Gasteiger partial charge < -0.3 is 4.90 Å². The minimum Gasteiger partial charge on any atom is -0.378 e. The molecule has 0 saturated heterocycles. The number of rotatable bonds is 5. The van der Waals surface area contributed by atoms with E-state index in [1.807, 2.05) is 49.3 Å². The second-order valence-electron chi connectivity index (χ2n) is 6.37. The van der Waals surface area contributed by atoms with Crippen LogP contribution < -0.4 is 15.9 Å². The van der Waals surface area contributed by atoms with Gasteiger partial charge in [-0.3, -0.25) is 14.2 Å². The van der Waals surface area contributed by atoms with Gasteiger partial charge in [-0.15, -0.1) is 0 Å². The molecule has 0 spiro atoms. The maximum Gasteiger partial charge on any atom is 0.262 e. The molecule has 7 heteroatoms. The van der Waals surface area contributed by atoms with Crippen LogP contribution in [-0.2, 0) is 4.79 Å². The van der Waals surface area contributed by atoms with Crippen molar-refractivity contribution in [2.75, 3.05) is 19.0 Å². The predicted octanol–water partition coefficient (Wildman–Crippen LogP) is 2.17. The molecule has 138 valence electrons. The highest BCUT2D eigenvalue weighted by Crippen LogP contribution is 2.11. The van der Waals surface area contributed by atoms with Gasteiger partial charge in [-0.2, -0.15) is 5.10 Å². The Morgan fingerprint density at radius 2 is 1.89 bits per heavy atom. The number of aromatic nitrogens is 2. The van der Waals surface area contributed by atoms with Gasteiger partial charge in [0, 0.05) is 19.8 Å². The minimum atomic E-state index is -0.733. The first kappa shape index (κ1) is 18.3. The zero-order chi connectivity index (χ0) is 19.4. The molecule has 3 aromatic rings. The van der Waals surface area contributed by atoms with E-state index in [-0.39, 0.29) is 5.56 Å². The molecule has 1 aromatic heterocycles. The van der Waals surface area contributed by atoms with Gasteiger partial charge >= 0.3 is 0 Å². The summed E-state index contributed by atoms with van der Waals surface area (Å²) in [5.74, 6) is -0.393. The van der Waals surface area contributed by atoms with Crippen molar-refractivity contribution in [2.24, 2.45) is 5.10 Å². The third-order valence-electron chi connectivity index (χ3n) is 4.28. The quantitative estimate of drug-likeness (QED) is 0.557. The molecule has 1 unspecified atom stereocenters. The molecule has 1 amide bonds. The molecular formula is C20H21N5O2. The third-order valence-corrected chi connectivity index (χ3v) is 4.28. The average Bonchev–Trinajstić information content (AvgIpc) is 2.68. The lowest BCUT2D eigenvalue weighted by atomic mass is 10.2. The number of hydrazone groups is 1. The first-order chi connectivity index (χ1) is 13.0.